The van der Waals surface area contributed by atoms with Crippen LogP contribution in [0.25, 0.3) is 0 Å². The molecule has 0 spiro atoms. The van der Waals surface area contributed by atoms with Crippen molar-refractivity contribution in [3.05, 3.63) is 48.5 Å². The number of anilines is 1. The predicted octanol–water partition coefficient (Wildman–Crippen LogP) is 2.26. The lowest BCUT2D eigenvalue weighted by molar-refractivity contribution is -0.275. The van der Waals surface area contributed by atoms with E-state index in [1.807, 2.05) is 0 Å². The maximum atomic E-state index is 12.8. The molecule has 162 valence electrons. The first-order chi connectivity index (χ1) is 14.1. The number of carbonyl (C=O) groups excluding carboxylic acids is 1. The number of ether oxygens (including phenoxy) is 1. The van der Waals surface area contributed by atoms with Gasteiger partial charge in [-0.25, -0.2) is 13.2 Å². The number of carbonyl (C=O) groups is 1. The molecule has 2 aromatic rings. The first-order valence-corrected chi connectivity index (χ1v) is 10.3. The van der Waals surface area contributed by atoms with E-state index in [9.17, 15) is 26.4 Å². The smallest absolute Gasteiger partial charge is 0.404 e. The molecule has 0 aliphatic carbocycles. The van der Waals surface area contributed by atoms with Crippen LogP contribution in [-0.4, -0.2) is 40.4 Å². The molecule has 2 aromatic carbocycles. The van der Waals surface area contributed by atoms with Crippen LogP contribution >= 0.6 is 0 Å². The van der Waals surface area contributed by atoms with E-state index in [-0.39, 0.29) is 10.8 Å². The van der Waals surface area contributed by atoms with Crippen molar-refractivity contribution in [1.29, 1.82) is 0 Å². The number of hydrogen-bond donors (Lipinski definition) is 4. The Morgan fingerprint density at radius 3 is 2.33 bits per heavy atom. The number of hydrogen-bond acceptors (Lipinski definition) is 6. The fraction of sp³-hybridized carbons (Fsp3) is 0.278. The highest BCUT2D eigenvalue weighted by Crippen LogP contribution is 2.33. The molecule has 8 nitrogen and oxygen atoms in total. The number of nitrogens with one attached hydrogen (secondary N) is 4. The number of urea groups is 1. The van der Waals surface area contributed by atoms with Crippen molar-refractivity contribution in [2.45, 2.75) is 16.2 Å². The zero-order valence-electron chi connectivity index (χ0n) is 15.5. The van der Waals surface area contributed by atoms with Gasteiger partial charge in [0, 0.05) is 31.2 Å². The highest BCUT2D eigenvalue weighted by Gasteiger charge is 2.34. The van der Waals surface area contributed by atoms with E-state index in [2.05, 4.69) is 26.2 Å². The molecule has 0 saturated carbocycles. The summed E-state index contributed by atoms with van der Waals surface area (Å²) < 4.78 is 67.1. The standard InChI is InChI=1S/C18H19F3N4O4S/c19-18(20,21)29-15-3-1-2-4-16(15)30(27,28)14-7-5-13(6-8-14)25-17(26)22-9-12-10-23-24-11-12/h1-8,12,23-24H,9-11H2,(H2,22,25,26). The SMILES string of the molecule is O=C(NCC1CNNC1)Nc1ccc(S(=O)(=O)c2ccccc2OC(F)(F)F)cc1. The van der Waals surface area contributed by atoms with E-state index < -0.39 is 32.9 Å². The number of halogens is 3. The molecule has 1 saturated heterocycles. The fourth-order valence-corrected chi connectivity index (χ4v) is 4.17. The van der Waals surface area contributed by atoms with Crippen molar-refractivity contribution < 1.29 is 31.1 Å². The zero-order chi connectivity index (χ0) is 21.8. The number of amides is 2. The van der Waals surface area contributed by atoms with E-state index in [4.69, 9.17) is 0 Å². The minimum absolute atomic E-state index is 0.241. The van der Waals surface area contributed by atoms with Gasteiger partial charge in [-0.1, -0.05) is 12.1 Å². The molecular weight excluding hydrogens is 425 g/mol. The van der Waals surface area contributed by atoms with Gasteiger partial charge in [-0.15, -0.1) is 13.2 Å². The van der Waals surface area contributed by atoms with Crippen LogP contribution in [0.5, 0.6) is 5.75 Å². The number of rotatable bonds is 6. The minimum atomic E-state index is -5.03. The van der Waals surface area contributed by atoms with E-state index in [0.717, 1.165) is 25.2 Å². The molecule has 0 bridgehead atoms. The van der Waals surface area contributed by atoms with Crippen LogP contribution in [0.1, 0.15) is 0 Å². The summed E-state index contributed by atoms with van der Waals surface area (Å²) in [5, 5.41) is 5.27. The number of benzene rings is 2. The molecule has 30 heavy (non-hydrogen) atoms. The average molecular weight is 444 g/mol. The second-order valence-corrected chi connectivity index (χ2v) is 8.40. The summed E-state index contributed by atoms with van der Waals surface area (Å²) in [6, 6.07) is 9.12. The largest absolute Gasteiger partial charge is 0.573 e. The molecule has 12 heteroatoms. The van der Waals surface area contributed by atoms with E-state index in [1.165, 1.54) is 36.4 Å². The average Bonchev–Trinajstić information content (AvgIpc) is 3.19. The molecule has 0 atom stereocenters. The molecule has 0 radical (unpaired) electrons. The van der Waals surface area contributed by atoms with Gasteiger partial charge in [0.25, 0.3) is 0 Å². The van der Waals surface area contributed by atoms with Crippen LogP contribution < -0.4 is 26.2 Å². The molecule has 0 aromatic heterocycles. The van der Waals surface area contributed by atoms with Gasteiger partial charge in [0.2, 0.25) is 9.84 Å². The molecule has 1 fully saturated rings. The first-order valence-electron chi connectivity index (χ1n) is 8.86. The molecule has 1 aliphatic heterocycles. The predicted molar refractivity (Wildman–Crippen MR) is 102 cm³/mol. The van der Waals surface area contributed by atoms with Gasteiger partial charge in [0.15, 0.2) is 0 Å². The summed E-state index contributed by atoms with van der Waals surface area (Å²) >= 11 is 0. The molecule has 3 rings (SSSR count). The lowest BCUT2D eigenvalue weighted by Gasteiger charge is -2.14. The summed E-state index contributed by atoms with van der Waals surface area (Å²) in [5.74, 6) is -0.565. The minimum Gasteiger partial charge on any atom is -0.404 e. The van der Waals surface area contributed by atoms with Crippen molar-refractivity contribution in [3.8, 4) is 5.75 Å². The van der Waals surface area contributed by atoms with Gasteiger partial charge < -0.3 is 15.4 Å². The Labute approximate surface area is 170 Å². The quantitative estimate of drug-likeness (QED) is 0.545. The highest BCUT2D eigenvalue weighted by molar-refractivity contribution is 7.91. The molecular formula is C18H19F3N4O4S. The Balaban J connectivity index is 1.70. The second-order valence-electron chi connectivity index (χ2n) is 6.49. The summed E-state index contributed by atoms with van der Waals surface area (Å²) in [6.07, 6.45) is -5.03. The first kappa shape index (κ1) is 21.9. The van der Waals surface area contributed by atoms with Crippen molar-refractivity contribution in [2.75, 3.05) is 25.0 Å². The van der Waals surface area contributed by atoms with Gasteiger partial charge in [0.1, 0.15) is 10.6 Å². The Morgan fingerprint density at radius 2 is 1.70 bits per heavy atom. The van der Waals surface area contributed by atoms with Crippen molar-refractivity contribution >= 4 is 21.6 Å². The van der Waals surface area contributed by atoms with Crippen LogP contribution in [0, 0.1) is 5.92 Å². The second kappa shape index (κ2) is 8.90. The van der Waals surface area contributed by atoms with Crippen LogP contribution in [0.15, 0.2) is 58.3 Å². The number of alkyl halides is 3. The zero-order valence-corrected chi connectivity index (χ0v) is 16.3. The molecule has 4 N–H and O–H groups in total. The van der Waals surface area contributed by atoms with Gasteiger partial charge in [-0.2, -0.15) is 0 Å². The summed E-state index contributed by atoms with van der Waals surface area (Å²) in [6.45, 7) is 1.91. The highest BCUT2D eigenvalue weighted by atomic mass is 32.2. The summed E-state index contributed by atoms with van der Waals surface area (Å²) in [4.78, 5) is 11.1. The Morgan fingerprint density at radius 1 is 1.07 bits per heavy atom. The molecule has 1 heterocycles. The van der Waals surface area contributed by atoms with Gasteiger partial charge in [0.05, 0.1) is 4.90 Å². The van der Waals surface area contributed by atoms with E-state index in [1.54, 1.807) is 0 Å². The topological polar surface area (TPSA) is 109 Å². The number of sulfone groups is 1. The van der Waals surface area contributed by atoms with Gasteiger partial charge >= 0.3 is 12.4 Å². The molecule has 1 aliphatic rings. The normalized spacial score (nSPS) is 15.0. The lowest BCUT2D eigenvalue weighted by Crippen LogP contribution is -2.34. The third-order valence-electron chi connectivity index (χ3n) is 4.24. The Hall–Kier alpha value is -2.83. The van der Waals surface area contributed by atoms with Crippen LogP contribution in [-0.2, 0) is 9.84 Å². The Kier molecular flexibility index (Phi) is 6.48. The van der Waals surface area contributed by atoms with Gasteiger partial charge in [-0.05, 0) is 36.4 Å². The fourth-order valence-electron chi connectivity index (χ4n) is 2.79. The lowest BCUT2D eigenvalue weighted by atomic mass is 10.2. The monoisotopic (exact) mass is 444 g/mol. The third-order valence-corrected chi connectivity index (χ3v) is 6.05. The summed E-state index contributed by atoms with van der Waals surface area (Å²) in [5.41, 5.74) is 6.22. The number of para-hydroxylation sites is 1. The van der Waals surface area contributed by atoms with Crippen LogP contribution in [0.2, 0.25) is 0 Å². The molecule has 0 unspecified atom stereocenters. The number of hydrazine groups is 1. The summed E-state index contributed by atoms with van der Waals surface area (Å²) in [7, 11) is -4.28. The maximum absolute atomic E-state index is 12.8. The third kappa shape index (κ3) is 5.62. The van der Waals surface area contributed by atoms with E-state index >= 15 is 0 Å². The Bertz CT molecular complexity index is 991. The maximum Gasteiger partial charge on any atom is 0.573 e. The molecule has 2 amide bonds. The van der Waals surface area contributed by atoms with Crippen molar-refractivity contribution in [3.63, 3.8) is 0 Å². The van der Waals surface area contributed by atoms with Crippen molar-refractivity contribution in [2.24, 2.45) is 5.92 Å². The van der Waals surface area contributed by atoms with Crippen LogP contribution in [0.4, 0.5) is 23.7 Å². The van der Waals surface area contributed by atoms with Crippen LogP contribution in [0.3, 0.4) is 0 Å². The van der Waals surface area contributed by atoms with Gasteiger partial charge in [-0.3, -0.25) is 10.9 Å². The van der Waals surface area contributed by atoms with E-state index in [0.29, 0.717) is 12.2 Å². The van der Waals surface area contributed by atoms with Crippen molar-refractivity contribution in [1.82, 2.24) is 16.2 Å².